The Labute approximate surface area is 165 Å². The van der Waals surface area contributed by atoms with Crippen molar-refractivity contribution in [1.29, 1.82) is 0 Å². The predicted octanol–water partition coefficient (Wildman–Crippen LogP) is 3.31. The lowest BCUT2D eigenvalue weighted by Gasteiger charge is -2.26. The van der Waals surface area contributed by atoms with E-state index in [4.69, 9.17) is 4.74 Å². The molecule has 0 aliphatic carbocycles. The zero-order valence-corrected chi connectivity index (χ0v) is 16.4. The van der Waals surface area contributed by atoms with Crippen LogP contribution in [-0.2, 0) is 14.8 Å². The Bertz CT molecular complexity index is 1120. The lowest BCUT2D eigenvalue weighted by Crippen LogP contribution is -2.40. The molecule has 2 aromatic carbocycles. The van der Waals surface area contributed by atoms with Crippen molar-refractivity contribution in [3.63, 3.8) is 0 Å². The summed E-state index contributed by atoms with van der Waals surface area (Å²) >= 11 is 1.32. The van der Waals surface area contributed by atoms with Gasteiger partial charge in [-0.1, -0.05) is 6.07 Å². The van der Waals surface area contributed by atoms with E-state index < -0.39 is 15.8 Å². The Hall–Kier alpha value is -2.49. The fourth-order valence-corrected chi connectivity index (χ4v) is 5.13. The van der Waals surface area contributed by atoms with Gasteiger partial charge in [0.2, 0.25) is 0 Å². The minimum Gasteiger partial charge on any atom is -0.378 e. The van der Waals surface area contributed by atoms with Gasteiger partial charge in [0, 0.05) is 23.2 Å². The fraction of sp³-hybridized carbons (Fsp3) is 0.211. The number of benzene rings is 2. The van der Waals surface area contributed by atoms with Crippen LogP contribution in [0, 0.1) is 5.82 Å². The van der Waals surface area contributed by atoms with E-state index >= 15 is 0 Å². The average Bonchev–Trinajstić information content (AvgIpc) is 3.14. The third-order valence-corrected chi connectivity index (χ3v) is 6.91. The van der Waals surface area contributed by atoms with Crippen LogP contribution >= 0.6 is 11.3 Å². The number of hydrogen-bond donors (Lipinski definition) is 1. The summed E-state index contributed by atoms with van der Waals surface area (Å²) in [5, 5.41) is 0.648. The maximum absolute atomic E-state index is 13.1. The van der Waals surface area contributed by atoms with E-state index in [0.717, 1.165) is 16.8 Å². The highest BCUT2D eigenvalue weighted by atomic mass is 32.2. The van der Waals surface area contributed by atoms with Gasteiger partial charge in [-0.25, -0.2) is 12.8 Å². The maximum atomic E-state index is 13.1. The Morgan fingerprint density at radius 1 is 1.11 bits per heavy atom. The SMILES string of the molecule is O=C(c1cc2c(NS(=O)(=O)c3ccc(F)cc3)cccc2s1)N1CCOCC1. The highest BCUT2D eigenvalue weighted by Gasteiger charge is 2.22. The third-order valence-electron chi connectivity index (χ3n) is 4.44. The number of morpholine rings is 1. The number of nitrogens with zero attached hydrogens (tertiary/aromatic N) is 1. The number of anilines is 1. The number of carbonyl (C=O) groups excluding carboxylic acids is 1. The fourth-order valence-electron chi connectivity index (χ4n) is 3.00. The van der Waals surface area contributed by atoms with Crippen LogP contribution in [0.15, 0.2) is 53.4 Å². The Morgan fingerprint density at radius 2 is 1.82 bits per heavy atom. The first-order valence-corrected chi connectivity index (χ1v) is 10.9. The Balaban J connectivity index is 1.65. The van der Waals surface area contributed by atoms with Gasteiger partial charge in [-0.15, -0.1) is 11.3 Å². The molecule has 1 aliphatic heterocycles. The molecular formula is C19H17FN2O4S2. The number of amides is 1. The molecule has 9 heteroatoms. The summed E-state index contributed by atoms with van der Waals surface area (Å²) in [7, 11) is -3.88. The van der Waals surface area contributed by atoms with Gasteiger partial charge in [0.1, 0.15) is 5.82 Å². The van der Waals surface area contributed by atoms with Crippen molar-refractivity contribution < 1.29 is 22.3 Å². The standard InChI is InChI=1S/C19H17FN2O4S2/c20-13-4-6-14(7-5-13)28(24,25)21-16-2-1-3-17-15(16)12-18(27-17)19(23)22-8-10-26-11-9-22/h1-7,12,21H,8-11H2. The normalized spacial score (nSPS) is 15.0. The molecule has 0 saturated carbocycles. The van der Waals surface area contributed by atoms with Crippen molar-refractivity contribution in [3.05, 3.63) is 59.2 Å². The third kappa shape index (κ3) is 3.73. The van der Waals surface area contributed by atoms with Crippen LogP contribution in [0.25, 0.3) is 10.1 Å². The van der Waals surface area contributed by atoms with Gasteiger partial charge in [0.25, 0.3) is 15.9 Å². The number of nitrogens with one attached hydrogen (secondary N) is 1. The number of thiophene rings is 1. The van der Waals surface area contributed by atoms with E-state index in [-0.39, 0.29) is 10.8 Å². The Kier molecular flexibility index (Phi) is 5.05. The zero-order valence-electron chi connectivity index (χ0n) is 14.7. The lowest BCUT2D eigenvalue weighted by atomic mass is 10.2. The molecule has 1 N–H and O–H groups in total. The van der Waals surface area contributed by atoms with Crippen LogP contribution in [-0.4, -0.2) is 45.5 Å². The van der Waals surface area contributed by atoms with Crippen LogP contribution in [0.5, 0.6) is 0 Å². The molecular weight excluding hydrogens is 403 g/mol. The zero-order chi connectivity index (χ0) is 19.7. The van der Waals surface area contributed by atoms with E-state index in [1.165, 1.54) is 23.5 Å². The summed E-state index contributed by atoms with van der Waals surface area (Å²) in [5.41, 5.74) is 0.374. The number of rotatable bonds is 4. The second-order valence-corrected chi connectivity index (χ2v) is 9.06. The molecule has 1 saturated heterocycles. The summed E-state index contributed by atoms with van der Waals surface area (Å²) < 4.78 is 47.0. The minimum absolute atomic E-state index is 0.0363. The van der Waals surface area contributed by atoms with Gasteiger partial charge in [0.15, 0.2) is 0 Å². The molecule has 28 heavy (non-hydrogen) atoms. The Morgan fingerprint density at radius 3 is 2.54 bits per heavy atom. The van der Waals surface area contributed by atoms with Gasteiger partial charge in [-0.3, -0.25) is 9.52 Å². The summed E-state index contributed by atoms with van der Waals surface area (Å²) in [5.74, 6) is -0.595. The summed E-state index contributed by atoms with van der Waals surface area (Å²) in [6, 6.07) is 11.5. The highest BCUT2D eigenvalue weighted by Crippen LogP contribution is 2.33. The first-order chi connectivity index (χ1) is 13.4. The molecule has 3 aromatic rings. The second kappa shape index (κ2) is 7.50. The van der Waals surface area contributed by atoms with Gasteiger partial charge < -0.3 is 9.64 Å². The molecule has 0 radical (unpaired) electrons. The van der Waals surface area contributed by atoms with E-state index in [1.807, 2.05) is 6.07 Å². The molecule has 6 nitrogen and oxygen atoms in total. The summed E-state index contributed by atoms with van der Waals surface area (Å²) in [4.78, 5) is 15.0. The number of fused-ring (bicyclic) bond motifs is 1. The van der Waals surface area contributed by atoms with Crippen molar-refractivity contribution in [1.82, 2.24) is 4.90 Å². The average molecular weight is 420 g/mol. The largest absolute Gasteiger partial charge is 0.378 e. The maximum Gasteiger partial charge on any atom is 0.264 e. The number of halogens is 1. The predicted molar refractivity (Wildman–Crippen MR) is 106 cm³/mol. The second-order valence-electron chi connectivity index (χ2n) is 6.29. The molecule has 0 spiro atoms. The van der Waals surface area contributed by atoms with E-state index in [9.17, 15) is 17.6 Å². The van der Waals surface area contributed by atoms with Crippen molar-refractivity contribution in [2.24, 2.45) is 0 Å². The van der Waals surface area contributed by atoms with Crippen molar-refractivity contribution in [3.8, 4) is 0 Å². The monoisotopic (exact) mass is 420 g/mol. The molecule has 1 aromatic heterocycles. The number of carbonyl (C=O) groups is 1. The van der Waals surface area contributed by atoms with Crippen LogP contribution in [0.2, 0.25) is 0 Å². The highest BCUT2D eigenvalue weighted by molar-refractivity contribution is 7.92. The van der Waals surface area contributed by atoms with E-state index in [1.54, 1.807) is 23.1 Å². The van der Waals surface area contributed by atoms with Crippen molar-refractivity contribution >= 4 is 43.0 Å². The summed E-state index contributed by atoms with van der Waals surface area (Å²) in [6.07, 6.45) is 0. The molecule has 0 bridgehead atoms. The lowest BCUT2D eigenvalue weighted by molar-refractivity contribution is 0.0306. The van der Waals surface area contributed by atoms with Crippen LogP contribution < -0.4 is 4.72 Å². The van der Waals surface area contributed by atoms with Gasteiger partial charge in [-0.2, -0.15) is 0 Å². The smallest absolute Gasteiger partial charge is 0.264 e. The molecule has 1 aliphatic rings. The van der Waals surface area contributed by atoms with Gasteiger partial charge in [-0.05, 0) is 42.5 Å². The molecule has 146 valence electrons. The van der Waals surface area contributed by atoms with E-state index in [0.29, 0.717) is 42.3 Å². The number of ether oxygens (including phenoxy) is 1. The van der Waals surface area contributed by atoms with Crippen LogP contribution in [0.1, 0.15) is 9.67 Å². The van der Waals surface area contributed by atoms with Crippen LogP contribution in [0.3, 0.4) is 0 Å². The first kappa shape index (κ1) is 18.9. The molecule has 1 amide bonds. The van der Waals surface area contributed by atoms with Crippen LogP contribution in [0.4, 0.5) is 10.1 Å². The molecule has 0 atom stereocenters. The minimum atomic E-state index is -3.88. The quantitative estimate of drug-likeness (QED) is 0.703. The van der Waals surface area contributed by atoms with E-state index in [2.05, 4.69) is 4.72 Å². The summed E-state index contributed by atoms with van der Waals surface area (Å²) in [6.45, 7) is 2.10. The molecule has 1 fully saturated rings. The molecule has 0 unspecified atom stereocenters. The van der Waals surface area contributed by atoms with Crippen molar-refractivity contribution in [2.45, 2.75) is 4.90 Å². The molecule has 4 rings (SSSR count). The first-order valence-electron chi connectivity index (χ1n) is 8.62. The van der Waals surface area contributed by atoms with Gasteiger partial charge in [0.05, 0.1) is 28.7 Å². The number of hydrogen-bond acceptors (Lipinski definition) is 5. The molecule has 2 heterocycles. The van der Waals surface area contributed by atoms with Gasteiger partial charge >= 0.3 is 0 Å². The van der Waals surface area contributed by atoms with Crippen molar-refractivity contribution in [2.75, 3.05) is 31.0 Å². The topological polar surface area (TPSA) is 75.7 Å². The number of sulfonamides is 1.